The van der Waals surface area contributed by atoms with Crippen molar-refractivity contribution in [2.45, 2.75) is 35.8 Å². The molecule has 0 radical (unpaired) electrons. The van der Waals surface area contributed by atoms with Gasteiger partial charge in [-0.3, -0.25) is 0 Å². The van der Waals surface area contributed by atoms with E-state index in [1.165, 1.54) is 11.1 Å². The van der Waals surface area contributed by atoms with Crippen LogP contribution in [0, 0.1) is 5.92 Å². The minimum atomic E-state index is -0.0417. The number of hydrogen-bond donors (Lipinski definition) is 1. The van der Waals surface area contributed by atoms with Crippen LogP contribution in [0.2, 0.25) is 0 Å². The lowest BCUT2D eigenvalue weighted by atomic mass is 9.53. The summed E-state index contributed by atoms with van der Waals surface area (Å²) in [6, 6.07) is 4.31. The molecule has 2 bridgehead atoms. The summed E-state index contributed by atoms with van der Waals surface area (Å²) in [5.74, 6) is 1.34. The van der Waals surface area contributed by atoms with E-state index in [1.54, 1.807) is 6.07 Å². The van der Waals surface area contributed by atoms with E-state index < -0.39 is 0 Å². The molecule has 0 amide bonds. The number of likely N-dealkylation sites (N-methyl/N-ethyl adjacent to an activating group) is 1. The van der Waals surface area contributed by atoms with Crippen molar-refractivity contribution in [3.05, 3.63) is 35.4 Å². The Morgan fingerprint density at radius 3 is 3.10 bits per heavy atom. The minimum Gasteiger partial charge on any atom is -0.504 e. The van der Waals surface area contributed by atoms with Crippen LogP contribution in [0.25, 0.3) is 0 Å². The van der Waals surface area contributed by atoms with Crippen molar-refractivity contribution in [1.29, 1.82) is 0 Å². The Balaban J connectivity index is 1.85. The number of allylic oxidation sites excluding steroid dienone is 1. The second-order valence-corrected chi connectivity index (χ2v) is 7.39. The van der Waals surface area contributed by atoms with Crippen LogP contribution in [0.15, 0.2) is 24.3 Å². The van der Waals surface area contributed by atoms with Gasteiger partial charge in [-0.05, 0) is 44.1 Å². The number of phenols is 1. The molecule has 110 valence electrons. The van der Waals surface area contributed by atoms with E-state index in [2.05, 4.69) is 30.2 Å². The first-order valence-electron chi connectivity index (χ1n) is 7.67. The zero-order valence-electron chi connectivity index (χ0n) is 11.9. The topological polar surface area (TPSA) is 32.7 Å². The molecule has 1 aromatic rings. The highest BCUT2D eigenvalue weighted by atomic mass is 35.5. The summed E-state index contributed by atoms with van der Waals surface area (Å²) in [4.78, 5) is 2.45. The second-order valence-electron chi connectivity index (χ2n) is 6.88. The lowest BCUT2D eigenvalue weighted by Gasteiger charge is -2.57. The minimum absolute atomic E-state index is 0.0241. The van der Waals surface area contributed by atoms with Gasteiger partial charge >= 0.3 is 0 Å². The SMILES string of the molecule is CN1CCC23c4c5ccc(O)c4OC2C=CC(Cl)C3C1C5. The fourth-order valence-electron chi connectivity index (χ4n) is 5.26. The summed E-state index contributed by atoms with van der Waals surface area (Å²) in [7, 11) is 2.20. The Morgan fingerprint density at radius 1 is 1.38 bits per heavy atom. The first-order chi connectivity index (χ1) is 10.1. The highest BCUT2D eigenvalue weighted by molar-refractivity contribution is 6.22. The molecule has 5 unspecified atom stereocenters. The molecule has 1 fully saturated rings. The van der Waals surface area contributed by atoms with Gasteiger partial charge in [0.15, 0.2) is 11.5 Å². The van der Waals surface area contributed by atoms with E-state index in [9.17, 15) is 5.11 Å². The number of nitrogens with zero attached hydrogens (tertiary/aromatic N) is 1. The van der Waals surface area contributed by atoms with E-state index in [-0.39, 0.29) is 22.6 Å². The van der Waals surface area contributed by atoms with Gasteiger partial charge in [0.25, 0.3) is 0 Å². The van der Waals surface area contributed by atoms with Gasteiger partial charge in [0, 0.05) is 22.9 Å². The molecule has 0 aromatic heterocycles. The number of alkyl halides is 1. The zero-order chi connectivity index (χ0) is 14.4. The lowest BCUT2D eigenvalue weighted by molar-refractivity contribution is -0.00201. The number of likely N-dealkylation sites (tertiary alicyclic amines) is 1. The van der Waals surface area contributed by atoms with E-state index in [0.717, 1.165) is 19.4 Å². The summed E-state index contributed by atoms with van der Waals surface area (Å²) in [5, 5.41) is 10.3. The Hall–Kier alpha value is -1.19. The van der Waals surface area contributed by atoms with Crippen molar-refractivity contribution >= 4 is 11.6 Å². The van der Waals surface area contributed by atoms with E-state index in [4.69, 9.17) is 16.3 Å². The van der Waals surface area contributed by atoms with Crippen molar-refractivity contribution in [3.63, 3.8) is 0 Å². The van der Waals surface area contributed by atoms with Crippen LogP contribution in [0.5, 0.6) is 11.5 Å². The summed E-state index contributed by atoms with van der Waals surface area (Å²) in [6.45, 7) is 1.06. The molecule has 5 atom stereocenters. The first-order valence-corrected chi connectivity index (χ1v) is 8.11. The molecule has 1 N–H and O–H groups in total. The van der Waals surface area contributed by atoms with Crippen LogP contribution >= 0.6 is 11.6 Å². The van der Waals surface area contributed by atoms with Gasteiger partial charge in [0.05, 0.1) is 5.38 Å². The maximum absolute atomic E-state index is 10.2. The number of benzene rings is 1. The number of halogens is 1. The van der Waals surface area contributed by atoms with Gasteiger partial charge < -0.3 is 14.7 Å². The van der Waals surface area contributed by atoms with Crippen molar-refractivity contribution in [1.82, 2.24) is 4.90 Å². The van der Waals surface area contributed by atoms with Gasteiger partial charge in [-0.25, -0.2) is 0 Å². The molecule has 0 saturated carbocycles. The van der Waals surface area contributed by atoms with Gasteiger partial charge in [-0.1, -0.05) is 12.1 Å². The highest BCUT2D eigenvalue weighted by Gasteiger charge is 2.64. The van der Waals surface area contributed by atoms with Crippen LogP contribution in [-0.4, -0.2) is 41.1 Å². The maximum Gasteiger partial charge on any atom is 0.166 e. The van der Waals surface area contributed by atoms with Crippen molar-refractivity contribution in [2.24, 2.45) is 5.92 Å². The van der Waals surface area contributed by atoms with Crippen molar-refractivity contribution < 1.29 is 9.84 Å². The van der Waals surface area contributed by atoms with Crippen LogP contribution in [-0.2, 0) is 11.8 Å². The van der Waals surface area contributed by atoms with Gasteiger partial charge in [0.2, 0.25) is 0 Å². The first kappa shape index (κ1) is 12.4. The molecule has 2 heterocycles. The molecule has 3 nitrogen and oxygen atoms in total. The molecule has 2 aliphatic carbocycles. The third kappa shape index (κ3) is 1.27. The number of ether oxygens (including phenoxy) is 1. The van der Waals surface area contributed by atoms with Gasteiger partial charge in [-0.2, -0.15) is 0 Å². The van der Waals surface area contributed by atoms with E-state index >= 15 is 0 Å². The molecule has 1 spiro atoms. The third-order valence-electron chi connectivity index (χ3n) is 6.14. The lowest BCUT2D eigenvalue weighted by Crippen LogP contribution is -2.65. The Labute approximate surface area is 129 Å². The standard InChI is InChI=1S/C17H18ClNO2/c1-19-7-6-17-13-5-3-10(18)15(17)11(19)8-9-2-4-12(20)16(21-13)14(9)17/h2-5,10-11,13,15,20H,6-8H2,1H3. The maximum atomic E-state index is 10.2. The Bertz CT molecular complexity index is 673. The quantitative estimate of drug-likeness (QED) is 0.590. The number of hydrogen-bond acceptors (Lipinski definition) is 3. The normalized spacial score (nSPS) is 42.6. The smallest absolute Gasteiger partial charge is 0.166 e. The molecular weight excluding hydrogens is 286 g/mol. The summed E-state index contributed by atoms with van der Waals surface area (Å²) in [6.07, 6.45) is 6.28. The molecule has 1 saturated heterocycles. The summed E-state index contributed by atoms with van der Waals surface area (Å²) < 4.78 is 6.18. The molecule has 21 heavy (non-hydrogen) atoms. The average Bonchev–Trinajstić information content (AvgIpc) is 2.81. The van der Waals surface area contributed by atoms with Crippen LogP contribution in [0.4, 0.5) is 0 Å². The average molecular weight is 304 g/mol. The molecule has 4 heteroatoms. The van der Waals surface area contributed by atoms with Crippen LogP contribution in [0.1, 0.15) is 17.5 Å². The predicted octanol–water partition coefficient (Wildman–Crippen LogP) is 2.44. The Morgan fingerprint density at radius 2 is 2.24 bits per heavy atom. The number of piperidine rings is 1. The summed E-state index contributed by atoms with van der Waals surface area (Å²) in [5.41, 5.74) is 2.54. The molecular formula is C17H18ClNO2. The fraction of sp³-hybridized carbons (Fsp3) is 0.529. The number of rotatable bonds is 0. The second kappa shape index (κ2) is 3.76. The van der Waals surface area contributed by atoms with Crippen LogP contribution in [0.3, 0.4) is 0 Å². The molecule has 4 aliphatic rings. The monoisotopic (exact) mass is 303 g/mol. The number of aromatic hydroxyl groups is 1. The van der Waals surface area contributed by atoms with Crippen molar-refractivity contribution in [2.75, 3.05) is 13.6 Å². The fourth-order valence-corrected chi connectivity index (χ4v) is 5.74. The van der Waals surface area contributed by atoms with Gasteiger partial charge in [0.1, 0.15) is 6.10 Å². The largest absolute Gasteiger partial charge is 0.504 e. The van der Waals surface area contributed by atoms with Gasteiger partial charge in [-0.15, -0.1) is 11.6 Å². The molecule has 1 aromatic carbocycles. The van der Waals surface area contributed by atoms with Crippen molar-refractivity contribution in [3.8, 4) is 11.5 Å². The van der Waals surface area contributed by atoms with E-state index in [1.807, 2.05) is 0 Å². The summed E-state index contributed by atoms with van der Waals surface area (Å²) >= 11 is 6.72. The highest BCUT2D eigenvalue weighted by Crippen LogP contribution is 2.62. The number of phenolic OH excluding ortho intramolecular Hbond substituents is 1. The van der Waals surface area contributed by atoms with Crippen LogP contribution < -0.4 is 4.74 Å². The molecule has 2 aliphatic heterocycles. The molecule has 5 rings (SSSR count). The zero-order valence-corrected chi connectivity index (χ0v) is 12.7. The Kier molecular flexibility index (Phi) is 2.22. The third-order valence-corrected chi connectivity index (χ3v) is 6.55. The predicted molar refractivity (Wildman–Crippen MR) is 81.2 cm³/mol. The van der Waals surface area contributed by atoms with E-state index in [0.29, 0.717) is 17.7 Å².